The third-order valence-corrected chi connectivity index (χ3v) is 3.36. The highest BCUT2D eigenvalue weighted by Gasteiger charge is 2.30. The summed E-state index contributed by atoms with van der Waals surface area (Å²) in [5, 5.41) is 9.86. The smallest absolute Gasteiger partial charge is 0.357 e. The number of nitrogens with zero attached hydrogens (tertiary/aromatic N) is 3. The molecule has 0 fully saturated rings. The lowest BCUT2D eigenvalue weighted by molar-refractivity contribution is -0.137. The lowest BCUT2D eigenvalue weighted by Crippen LogP contribution is -2.38. The van der Waals surface area contributed by atoms with Gasteiger partial charge < -0.3 is 15.2 Å². The first-order valence-corrected chi connectivity index (χ1v) is 7.80. The molecule has 1 atom stereocenters. The summed E-state index contributed by atoms with van der Waals surface area (Å²) >= 11 is 0. The number of aliphatic imine (C=N–C) groups is 1. The molecular weight excluding hydrogens is 335 g/mol. The summed E-state index contributed by atoms with van der Waals surface area (Å²) < 4.78 is 43.4. The normalized spacial score (nSPS) is 13.6. The van der Waals surface area contributed by atoms with Gasteiger partial charge in [-0.15, -0.1) is 0 Å². The molecule has 9 heteroatoms. The van der Waals surface area contributed by atoms with Crippen molar-refractivity contribution in [2.24, 2.45) is 4.99 Å². The van der Waals surface area contributed by atoms with Crippen molar-refractivity contribution in [2.45, 2.75) is 39.5 Å². The number of aryl methyl sites for hydroxylation is 1. The molecule has 25 heavy (non-hydrogen) atoms. The van der Waals surface area contributed by atoms with E-state index in [9.17, 15) is 13.2 Å². The summed E-state index contributed by atoms with van der Waals surface area (Å²) in [7, 11) is 0. The summed E-state index contributed by atoms with van der Waals surface area (Å²) in [5.41, 5.74) is -0.168. The van der Waals surface area contributed by atoms with Gasteiger partial charge in [0.2, 0.25) is 5.89 Å². The molecule has 0 bridgehead atoms. The van der Waals surface area contributed by atoms with E-state index in [1.54, 1.807) is 19.9 Å². The quantitative estimate of drug-likeness (QED) is 0.636. The molecule has 1 heterocycles. The Morgan fingerprint density at radius 1 is 1.36 bits per heavy atom. The summed E-state index contributed by atoms with van der Waals surface area (Å²) in [6, 6.07) is 4.84. The van der Waals surface area contributed by atoms with Gasteiger partial charge in [-0.2, -0.15) is 18.2 Å². The maximum atomic E-state index is 12.8. The van der Waals surface area contributed by atoms with Gasteiger partial charge >= 0.3 is 6.18 Å². The molecule has 1 unspecified atom stereocenters. The number of rotatable bonds is 5. The molecule has 6 nitrogen and oxygen atoms in total. The van der Waals surface area contributed by atoms with Crippen LogP contribution in [0.2, 0.25) is 0 Å². The van der Waals surface area contributed by atoms with Crippen LogP contribution in [0.3, 0.4) is 0 Å². The fraction of sp³-hybridized carbons (Fsp3) is 0.438. The maximum absolute atomic E-state index is 12.8. The standard InChI is InChI=1S/C16H20F3N5O/c1-4-20-15(21-9-14-23-11(3)25-24-14)22-10(2)12-6-5-7-13(8-12)16(17,18)19/h5-8,10H,4,9H2,1-3H3,(H2,20,21,22). The molecule has 0 saturated heterocycles. The average molecular weight is 355 g/mol. The van der Waals surface area contributed by atoms with Gasteiger partial charge in [-0.1, -0.05) is 17.3 Å². The zero-order valence-corrected chi connectivity index (χ0v) is 14.2. The van der Waals surface area contributed by atoms with Crippen molar-refractivity contribution < 1.29 is 17.7 Å². The highest BCUT2D eigenvalue weighted by Crippen LogP contribution is 2.30. The van der Waals surface area contributed by atoms with E-state index >= 15 is 0 Å². The van der Waals surface area contributed by atoms with Gasteiger partial charge in [0.15, 0.2) is 11.8 Å². The fourth-order valence-electron chi connectivity index (χ4n) is 2.15. The van der Waals surface area contributed by atoms with E-state index in [4.69, 9.17) is 4.52 Å². The molecule has 0 saturated carbocycles. The molecule has 2 rings (SSSR count). The first-order valence-electron chi connectivity index (χ1n) is 7.80. The third kappa shape index (κ3) is 5.47. The van der Waals surface area contributed by atoms with Crippen LogP contribution in [-0.4, -0.2) is 22.6 Å². The van der Waals surface area contributed by atoms with Crippen LogP contribution < -0.4 is 10.6 Å². The minimum atomic E-state index is -4.37. The topological polar surface area (TPSA) is 75.3 Å². The third-order valence-electron chi connectivity index (χ3n) is 3.36. The monoisotopic (exact) mass is 355 g/mol. The van der Waals surface area contributed by atoms with E-state index in [1.807, 2.05) is 6.92 Å². The number of nitrogens with one attached hydrogen (secondary N) is 2. The molecule has 1 aromatic carbocycles. The zero-order chi connectivity index (χ0) is 18.4. The predicted octanol–water partition coefficient (Wildman–Crippen LogP) is 3.21. The van der Waals surface area contributed by atoms with Gasteiger partial charge in [-0.3, -0.25) is 0 Å². The summed E-state index contributed by atoms with van der Waals surface area (Å²) in [6.07, 6.45) is -4.37. The van der Waals surface area contributed by atoms with Crippen molar-refractivity contribution in [1.29, 1.82) is 0 Å². The molecule has 0 radical (unpaired) electrons. The average Bonchev–Trinajstić information content (AvgIpc) is 2.97. The van der Waals surface area contributed by atoms with Crippen molar-refractivity contribution >= 4 is 5.96 Å². The van der Waals surface area contributed by atoms with Crippen LogP contribution in [0.25, 0.3) is 0 Å². The largest absolute Gasteiger partial charge is 0.416 e. The fourth-order valence-corrected chi connectivity index (χ4v) is 2.15. The van der Waals surface area contributed by atoms with Gasteiger partial charge in [0.25, 0.3) is 0 Å². The second kappa shape index (κ2) is 8.00. The minimum absolute atomic E-state index is 0.196. The number of hydrogen-bond donors (Lipinski definition) is 2. The Bertz CT molecular complexity index is 727. The number of aromatic nitrogens is 2. The van der Waals surface area contributed by atoms with Crippen molar-refractivity contribution in [3.8, 4) is 0 Å². The van der Waals surface area contributed by atoms with E-state index in [0.717, 1.165) is 12.1 Å². The van der Waals surface area contributed by atoms with Crippen molar-refractivity contribution in [1.82, 2.24) is 20.8 Å². The van der Waals surface area contributed by atoms with Crippen LogP contribution in [0, 0.1) is 6.92 Å². The molecule has 2 N–H and O–H groups in total. The zero-order valence-electron chi connectivity index (χ0n) is 14.2. The summed E-state index contributed by atoms with van der Waals surface area (Å²) in [6.45, 7) is 6.14. The van der Waals surface area contributed by atoms with Crippen LogP contribution in [-0.2, 0) is 12.7 Å². The van der Waals surface area contributed by atoms with E-state index in [2.05, 4.69) is 25.8 Å². The predicted molar refractivity (Wildman–Crippen MR) is 86.8 cm³/mol. The van der Waals surface area contributed by atoms with Crippen molar-refractivity contribution in [3.05, 3.63) is 47.1 Å². The van der Waals surface area contributed by atoms with Gasteiger partial charge in [0.1, 0.15) is 6.54 Å². The van der Waals surface area contributed by atoms with E-state index in [-0.39, 0.29) is 12.6 Å². The number of halogens is 3. The number of alkyl halides is 3. The highest BCUT2D eigenvalue weighted by atomic mass is 19.4. The number of guanidine groups is 1. The molecular formula is C16H20F3N5O. The molecule has 0 amide bonds. The maximum Gasteiger partial charge on any atom is 0.416 e. The van der Waals surface area contributed by atoms with Gasteiger partial charge in [-0.25, -0.2) is 4.99 Å². The highest BCUT2D eigenvalue weighted by molar-refractivity contribution is 5.80. The molecule has 2 aromatic rings. The Kier molecular flexibility index (Phi) is 6.00. The second-order valence-corrected chi connectivity index (χ2v) is 5.41. The molecule has 1 aromatic heterocycles. The van der Waals surface area contributed by atoms with E-state index in [0.29, 0.717) is 29.8 Å². The molecule has 0 aliphatic heterocycles. The van der Waals surface area contributed by atoms with E-state index < -0.39 is 11.7 Å². The lowest BCUT2D eigenvalue weighted by atomic mass is 10.1. The Labute approximate surface area is 143 Å². The molecule has 0 aliphatic carbocycles. The first kappa shape index (κ1) is 18.8. The van der Waals surface area contributed by atoms with Crippen LogP contribution in [0.5, 0.6) is 0 Å². The van der Waals surface area contributed by atoms with Crippen LogP contribution in [0.15, 0.2) is 33.8 Å². The van der Waals surface area contributed by atoms with Gasteiger partial charge in [0.05, 0.1) is 11.6 Å². The number of hydrogen-bond acceptors (Lipinski definition) is 4. The Hall–Kier alpha value is -2.58. The van der Waals surface area contributed by atoms with Gasteiger partial charge in [-0.05, 0) is 31.5 Å². The SMILES string of the molecule is CCNC(=NCc1noc(C)n1)NC(C)c1cccc(C(F)(F)F)c1. The van der Waals surface area contributed by atoms with Crippen LogP contribution >= 0.6 is 0 Å². The molecule has 0 spiro atoms. The van der Waals surface area contributed by atoms with Crippen LogP contribution in [0.4, 0.5) is 13.2 Å². The Morgan fingerprint density at radius 3 is 2.72 bits per heavy atom. The number of benzene rings is 1. The Balaban J connectivity index is 2.10. The molecule has 136 valence electrons. The van der Waals surface area contributed by atoms with Gasteiger partial charge in [0, 0.05) is 13.5 Å². The van der Waals surface area contributed by atoms with E-state index in [1.165, 1.54) is 6.07 Å². The van der Waals surface area contributed by atoms with Crippen LogP contribution in [0.1, 0.15) is 42.7 Å². The summed E-state index contributed by atoms with van der Waals surface area (Å²) in [4.78, 5) is 8.37. The van der Waals surface area contributed by atoms with Crippen molar-refractivity contribution in [2.75, 3.05) is 6.54 Å². The first-order chi connectivity index (χ1) is 11.8. The summed E-state index contributed by atoms with van der Waals surface area (Å²) in [5.74, 6) is 1.33. The Morgan fingerprint density at radius 2 is 2.12 bits per heavy atom. The second-order valence-electron chi connectivity index (χ2n) is 5.41. The minimum Gasteiger partial charge on any atom is -0.357 e. The molecule has 0 aliphatic rings. The van der Waals surface area contributed by atoms with Crippen molar-refractivity contribution in [3.63, 3.8) is 0 Å². The lowest BCUT2D eigenvalue weighted by Gasteiger charge is -2.19.